The van der Waals surface area contributed by atoms with Gasteiger partial charge < -0.3 is 5.48 Å². The van der Waals surface area contributed by atoms with Crippen LogP contribution in [-0.4, -0.2) is 22.8 Å². The summed E-state index contributed by atoms with van der Waals surface area (Å²) < 4.78 is 0. The van der Waals surface area contributed by atoms with Gasteiger partial charge >= 0.3 is 0 Å². The molecular formula is H4AlCoNiO. The summed E-state index contributed by atoms with van der Waals surface area (Å²) in [6.07, 6.45) is 0. The van der Waals surface area contributed by atoms with Gasteiger partial charge in [-0.05, 0) is 0 Å². The molecule has 0 unspecified atom stereocenters. The van der Waals surface area contributed by atoms with Gasteiger partial charge in [-0.2, -0.15) is 0 Å². The van der Waals surface area contributed by atoms with E-state index in [1.54, 1.807) is 0 Å². The molecule has 0 aromatic heterocycles. The first-order chi connectivity index (χ1) is 0. The van der Waals surface area contributed by atoms with E-state index < -0.39 is 0 Å². The number of hydrogen-bond donors (Lipinski definition) is 0. The van der Waals surface area contributed by atoms with Crippen LogP contribution in [0.15, 0.2) is 0 Å². The molecule has 0 amide bonds. The Bertz CT molecular complexity index is 8.00. The number of hydrogen-bond acceptors (Lipinski definition) is 0. The zero-order valence-corrected chi connectivity index (χ0v) is 6.18. The van der Waals surface area contributed by atoms with Crippen LogP contribution in [-0.2, 0) is 33.3 Å². The smallest absolute Gasteiger partial charge is 0.146 e. The van der Waals surface area contributed by atoms with Crippen molar-refractivity contribution in [1.82, 2.24) is 0 Å². The van der Waals surface area contributed by atoms with E-state index >= 15 is 0 Å². The van der Waals surface area contributed by atoms with Gasteiger partial charge in [0.15, 0.2) is 0 Å². The maximum absolute atomic E-state index is 0. The van der Waals surface area contributed by atoms with Crippen LogP contribution in [0.1, 0.15) is 0 Å². The van der Waals surface area contributed by atoms with E-state index in [0.717, 1.165) is 0 Å². The predicted octanol–water partition coefficient (Wildman–Crippen LogP) is -1.75. The first kappa shape index (κ1) is 49.8. The molecule has 0 heterocycles. The molecule has 32 valence electrons. The Morgan fingerprint density at radius 3 is 1.00 bits per heavy atom. The fourth-order valence-electron chi connectivity index (χ4n) is 0. The Morgan fingerprint density at radius 1 is 1.00 bits per heavy atom. The fraction of sp³-hybridized carbons (Fsp3) is 0. The molecular weight excluding hydrogens is 161 g/mol. The minimum atomic E-state index is 0. The third kappa shape index (κ3) is 9.74. The molecule has 2 N–H and O–H groups in total. The third-order valence-electron chi connectivity index (χ3n) is 0. The van der Waals surface area contributed by atoms with Crippen molar-refractivity contribution in [2.75, 3.05) is 0 Å². The van der Waals surface area contributed by atoms with Gasteiger partial charge in [0, 0.05) is 33.3 Å². The normalized spacial score (nSPS) is 0. The summed E-state index contributed by atoms with van der Waals surface area (Å²) in [6, 6.07) is 0. The summed E-state index contributed by atoms with van der Waals surface area (Å²) >= 11 is 0. The molecule has 0 fully saturated rings. The number of rotatable bonds is 0. The Hall–Kier alpha value is 1.49. The van der Waals surface area contributed by atoms with E-state index in [-0.39, 0.29) is 56.1 Å². The Balaban J connectivity index is 0. The molecule has 0 aromatic rings. The van der Waals surface area contributed by atoms with E-state index in [1.807, 2.05) is 0 Å². The molecule has 0 bridgehead atoms. The van der Waals surface area contributed by atoms with Gasteiger partial charge in [0.2, 0.25) is 0 Å². The minimum Gasteiger partial charge on any atom is -0.412 e. The molecule has 0 saturated heterocycles. The molecule has 4 heteroatoms. The Morgan fingerprint density at radius 2 is 1.00 bits per heavy atom. The second-order valence-corrected chi connectivity index (χ2v) is 0. The minimum absolute atomic E-state index is 0. The molecule has 0 aliphatic rings. The first-order valence-electron chi connectivity index (χ1n) is 0. The van der Waals surface area contributed by atoms with E-state index in [1.165, 1.54) is 0 Å². The topological polar surface area (TPSA) is 31.5 Å². The molecule has 0 rings (SSSR count). The van der Waals surface area contributed by atoms with Crippen LogP contribution < -0.4 is 0 Å². The van der Waals surface area contributed by atoms with E-state index in [2.05, 4.69) is 0 Å². The van der Waals surface area contributed by atoms with Crippen molar-refractivity contribution >= 4 is 17.4 Å². The van der Waals surface area contributed by atoms with Crippen LogP contribution in [0.5, 0.6) is 0 Å². The van der Waals surface area contributed by atoms with Crippen molar-refractivity contribution in [2.45, 2.75) is 0 Å². The van der Waals surface area contributed by atoms with Crippen LogP contribution in [0.25, 0.3) is 0 Å². The average molecular weight is 165 g/mol. The summed E-state index contributed by atoms with van der Waals surface area (Å²) in [4.78, 5) is 0. The third-order valence-corrected chi connectivity index (χ3v) is 0. The standard InChI is InChI=1S/Al.Co.Ni.H2O.2H/h;;;1H2;;. The maximum atomic E-state index is 0. The zero-order valence-electron chi connectivity index (χ0n) is 2.15. The zero-order chi connectivity index (χ0) is 0. The quantitative estimate of drug-likeness (QED) is 0.381. The van der Waals surface area contributed by atoms with E-state index in [0.29, 0.717) is 0 Å². The second-order valence-electron chi connectivity index (χ2n) is 0. The van der Waals surface area contributed by atoms with Crippen molar-refractivity contribution in [3.63, 3.8) is 0 Å². The second kappa shape index (κ2) is 24.6. The van der Waals surface area contributed by atoms with Gasteiger partial charge in [-0.1, -0.05) is 0 Å². The van der Waals surface area contributed by atoms with Crippen LogP contribution in [0.4, 0.5) is 0 Å². The summed E-state index contributed by atoms with van der Waals surface area (Å²) in [6.45, 7) is 0. The summed E-state index contributed by atoms with van der Waals surface area (Å²) in [5.74, 6) is 0. The van der Waals surface area contributed by atoms with Crippen molar-refractivity contribution in [3.8, 4) is 0 Å². The van der Waals surface area contributed by atoms with Crippen LogP contribution >= 0.6 is 0 Å². The van der Waals surface area contributed by atoms with Gasteiger partial charge in [0.05, 0.1) is 0 Å². The fourth-order valence-corrected chi connectivity index (χ4v) is 0. The molecule has 4 heavy (non-hydrogen) atoms. The largest absolute Gasteiger partial charge is 0.412 e. The van der Waals surface area contributed by atoms with Gasteiger partial charge in [0.25, 0.3) is 0 Å². The molecule has 0 spiro atoms. The first-order valence-corrected chi connectivity index (χ1v) is 0. The van der Waals surface area contributed by atoms with E-state index in [9.17, 15) is 0 Å². The van der Waals surface area contributed by atoms with Gasteiger partial charge in [0.1, 0.15) is 17.4 Å². The van der Waals surface area contributed by atoms with Crippen molar-refractivity contribution in [1.29, 1.82) is 0 Å². The molecule has 2 radical (unpaired) electrons. The van der Waals surface area contributed by atoms with E-state index in [4.69, 9.17) is 0 Å². The van der Waals surface area contributed by atoms with Gasteiger partial charge in [-0.3, -0.25) is 0 Å². The SMILES string of the molecule is O.[AlH2].[Co].[Ni]. The van der Waals surface area contributed by atoms with Crippen molar-refractivity contribution < 1.29 is 38.7 Å². The molecule has 0 saturated carbocycles. The average Bonchev–Trinajstić information content (AvgIpc) is 0. The summed E-state index contributed by atoms with van der Waals surface area (Å²) in [7, 11) is 0. The molecule has 0 aliphatic heterocycles. The molecule has 1 nitrogen and oxygen atoms in total. The summed E-state index contributed by atoms with van der Waals surface area (Å²) in [5.41, 5.74) is 0. The summed E-state index contributed by atoms with van der Waals surface area (Å²) in [5, 5.41) is 0. The van der Waals surface area contributed by atoms with Crippen LogP contribution in [0, 0.1) is 0 Å². The molecule has 0 atom stereocenters. The van der Waals surface area contributed by atoms with Gasteiger partial charge in [-0.25, -0.2) is 0 Å². The van der Waals surface area contributed by atoms with Crippen molar-refractivity contribution in [2.24, 2.45) is 0 Å². The van der Waals surface area contributed by atoms with Gasteiger partial charge in [-0.15, -0.1) is 0 Å². The maximum Gasteiger partial charge on any atom is 0.146 e. The molecule has 0 aliphatic carbocycles. The Labute approximate surface area is 56.1 Å². The monoisotopic (exact) mass is 164 g/mol. The molecule has 0 aromatic carbocycles. The van der Waals surface area contributed by atoms with Crippen LogP contribution in [0.2, 0.25) is 0 Å². The van der Waals surface area contributed by atoms with Crippen LogP contribution in [0.3, 0.4) is 0 Å². The Kier molecular flexibility index (Phi) is 306. The van der Waals surface area contributed by atoms with Crippen molar-refractivity contribution in [3.05, 3.63) is 0 Å². The predicted molar refractivity (Wildman–Crippen MR) is 12.2 cm³/mol.